The van der Waals surface area contributed by atoms with Crippen molar-refractivity contribution in [3.8, 4) is 6.07 Å². The van der Waals surface area contributed by atoms with Crippen molar-refractivity contribution >= 4 is 0 Å². The van der Waals surface area contributed by atoms with E-state index < -0.39 is 17.6 Å². The van der Waals surface area contributed by atoms with Crippen molar-refractivity contribution in [1.29, 1.82) is 5.26 Å². The molecule has 0 aliphatic heterocycles. The van der Waals surface area contributed by atoms with Gasteiger partial charge >= 0.3 is 0 Å². The van der Waals surface area contributed by atoms with Gasteiger partial charge in [0, 0.05) is 5.56 Å². The van der Waals surface area contributed by atoms with E-state index in [1.807, 2.05) is 0 Å². The average Bonchev–Trinajstić information content (AvgIpc) is 2.03. The Kier molecular flexibility index (Phi) is 2.39. The third-order valence-corrected chi connectivity index (χ3v) is 1.63. The highest BCUT2D eigenvalue weighted by atomic mass is 19.1. The first kappa shape index (κ1) is 8.66. The van der Waals surface area contributed by atoms with Crippen molar-refractivity contribution in [2.45, 2.75) is 12.8 Å². The Balaban J connectivity index is 3.23. The Bertz CT molecular complexity index is 308. The predicted octanol–water partition coefficient (Wildman–Crippen LogP) is 2.59. The molecule has 0 aromatic heterocycles. The first-order chi connectivity index (χ1) is 5.66. The number of hydrogen-bond acceptors (Lipinski definition) is 1. The summed E-state index contributed by atoms with van der Waals surface area (Å²) in [5, 5.41) is 8.45. The molecular weight excluding hydrogens is 160 g/mol. The van der Waals surface area contributed by atoms with E-state index in [1.54, 1.807) is 6.07 Å². The van der Waals surface area contributed by atoms with E-state index >= 15 is 0 Å². The van der Waals surface area contributed by atoms with E-state index in [4.69, 9.17) is 5.26 Å². The van der Waals surface area contributed by atoms with Gasteiger partial charge in [-0.2, -0.15) is 5.26 Å². The molecule has 0 spiro atoms. The van der Waals surface area contributed by atoms with Crippen LogP contribution in [0.2, 0.25) is 0 Å². The van der Waals surface area contributed by atoms with Gasteiger partial charge < -0.3 is 0 Å². The van der Waals surface area contributed by atoms with Crippen LogP contribution in [0.5, 0.6) is 0 Å². The maximum absolute atomic E-state index is 12.9. The monoisotopic (exact) mass is 167 g/mol. The molecule has 0 radical (unpaired) electrons. The maximum Gasteiger partial charge on any atom is 0.130 e. The summed E-state index contributed by atoms with van der Waals surface area (Å²) in [5.41, 5.74) is -0.153. The van der Waals surface area contributed by atoms with E-state index in [9.17, 15) is 8.78 Å². The predicted molar refractivity (Wildman–Crippen MR) is 40.4 cm³/mol. The molecular formula is C9H7F2N. The van der Waals surface area contributed by atoms with E-state index in [0.29, 0.717) is 0 Å². The molecule has 0 aliphatic carbocycles. The molecule has 0 N–H and O–H groups in total. The summed E-state index contributed by atoms with van der Waals surface area (Å²) in [7, 11) is 0. The summed E-state index contributed by atoms with van der Waals surface area (Å²) in [5.74, 6) is -2.07. The second-order valence-electron chi connectivity index (χ2n) is 2.49. The number of nitrogens with zero attached hydrogens (tertiary/aromatic N) is 1. The van der Waals surface area contributed by atoms with Gasteiger partial charge in [0.25, 0.3) is 0 Å². The molecule has 1 atom stereocenters. The van der Waals surface area contributed by atoms with Gasteiger partial charge in [0.1, 0.15) is 11.6 Å². The van der Waals surface area contributed by atoms with Gasteiger partial charge in [-0.25, -0.2) is 8.78 Å². The van der Waals surface area contributed by atoms with E-state index in [1.165, 1.54) is 13.0 Å². The molecule has 1 nitrogen and oxygen atoms in total. The van der Waals surface area contributed by atoms with Gasteiger partial charge in [0.15, 0.2) is 0 Å². The van der Waals surface area contributed by atoms with Crippen molar-refractivity contribution in [3.05, 3.63) is 35.4 Å². The largest absolute Gasteiger partial charge is 0.207 e. The van der Waals surface area contributed by atoms with Crippen molar-refractivity contribution in [3.63, 3.8) is 0 Å². The van der Waals surface area contributed by atoms with Crippen LogP contribution in [-0.4, -0.2) is 0 Å². The van der Waals surface area contributed by atoms with Crippen molar-refractivity contribution in [2.24, 2.45) is 0 Å². The lowest BCUT2D eigenvalue weighted by Crippen LogP contribution is -1.98. The molecule has 0 aliphatic rings. The molecule has 12 heavy (non-hydrogen) atoms. The Morgan fingerprint density at radius 1 is 1.33 bits per heavy atom. The minimum absolute atomic E-state index is 0.153. The van der Waals surface area contributed by atoms with Gasteiger partial charge in [-0.15, -0.1) is 0 Å². The van der Waals surface area contributed by atoms with Gasteiger partial charge in [-0.05, 0) is 19.1 Å². The highest BCUT2D eigenvalue weighted by molar-refractivity contribution is 5.27. The quantitative estimate of drug-likeness (QED) is 0.630. The third-order valence-electron chi connectivity index (χ3n) is 1.63. The van der Waals surface area contributed by atoms with Crippen LogP contribution < -0.4 is 0 Å². The Morgan fingerprint density at radius 3 is 2.25 bits per heavy atom. The standard InChI is InChI=1S/C9H7F2N/c1-6(5-12)9-7(10)3-2-4-8(9)11/h2-4,6H,1H3/t6-/m0/s1. The van der Waals surface area contributed by atoms with Crippen molar-refractivity contribution in [1.82, 2.24) is 0 Å². The smallest absolute Gasteiger partial charge is 0.130 e. The van der Waals surface area contributed by atoms with Crippen LogP contribution in [0.3, 0.4) is 0 Å². The number of hydrogen-bond donors (Lipinski definition) is 0. The van der Waals surface area contributed by atoms with Crippen molar-refractivity contribution in [2.75, 3.05) is 0 Å². The second-order valence-corrected chi connectivity index (χ2v) is 2.49. The van der Waals surface area contributed by atoms with Crippen LogP contribution in [0.25, 0.3) is 0 Å². The summed E-state index contributed by atoms with van der Waals surface area (Å²) < 4.78 is 25.8. The normalized spacial score (nSPS) is 12.2. The first-order valence-corrected chi connectivity index (χ1v) is 3.50. The van der Waals surface area contributed by atoms with Gasteiger partial charge in [-0.3, -0.25) is 0 Å². The van der Waals surface area contributed by atoms with Gasteiger partial charge in [0.05, 0.1) is 12.0 Å². The molecule has 1 aromatic carbocycles. The van der Waals surface area contributed by atoms with Crippen LogP contribution in [0.15, 0.2) is 18.2 Å². The zero-order valence-corrected chi connectivity index (χ0v) is 6.51. The molecule has 0 fully saturated rings. The van der Waals surface area contributed by atoms with Gasteiger partial charge in [0.2, 0.25) is 0 Å². The zero-order valence-electron chi connectivity index (χ0n) is 6.51. The Morgan fingerprint density at radius 2 is 1.83 bits per heavy atom. The van der Waals surface area contributed by atoms with Crippen LogP contribution >= 0.6 is 0 Å². The summed E-state index contributed by atoms with van der Waals surface area (Å²) in [6.07, 6.45) is 0. The molecule has 0 bridgehead atoms. The van der Waals surface area contributed by atoms with E-state index in [2.05, 4.69) is 0 Å². The summed E-state index contributed by atoms with van der Waals surface area (Å²) >= 11 is 0. The number of rotatable bonds is 1. The zero-order chi connectivity index (χ0) is 9.14. The summed E-state index contributed by atoms with van der Waals surface area (Å²) in [6.45, 7) is 1.46. The first-order valence-electron chi connectivity index (χ1n) is 3.50. The van der Waals surface area contributed by atoms with Crippen LogP contribution in [-0.2, 0) is 0 Å². The average molecular weight is 167 g/mol. The number of benzene rings is 1. The molecule has 0 heterocycles. The lowest BCUT2D eigenvalue weighted by molar-refractivity contribution is 0.551. The van der Waals surface area contributed by atoms with Crippen LogP contribution in [0.1, 0.15) is 18.4 Å². The SMILES string of the molecule is C[C@@H](C#N)c1c(F)cccc1F. The van der Waals surface area contributed by atoms with E-state index in [-0.39, 0.29) is 5.56 Å². The molecule has 0 unspecified atom stereocenters. The third kappa shape index (κ3) is 1.42. The molecule has 0 saturated carbocycles. The molecule has 1 aromatic rings. The lowest BCUT2D eigenvalue weighted by Gasteiger charge is -2.04. The topological polar surface area (TPSA) is 23.8 Å². The minimum Gasteiger partial charge on any atom is -0.207 e. The van der Waals surface area contributed by atoms with Crippen LogP contribution in [0.4, 0.5) is 8.78 Å². The lowest BCUT2D eigenvalue weighted by atomic mass is 10.0. The highest BCUT2D eigenvalue weighted by Crippen LogP contribution is 2.20. The summed E-state index contributed by atoms with van der Waals surface area (Å²) in [4.78, 5) is 0. The fraction of sp³-hybridized carbons (Fsp3) is 0.222. The van der Waals surface area contributed by atoms with Crippen molar-refractivity contribution < 1.29 is 8.78 Å². The number of nitriles is 1. The fourth-order valence-electron chi connectivity index (χ4n) is 0.989. The molecule has 0 saturated heterocycles. The fourth-order valence-corrected chi connectivity index (χ4v) is 0.989. The second kappa shape index (κ2) is 3.31. The summed E-state index contributed by atoms with van der Waals surface area (Å²) in [6, 6.07) is 5.35. The Labute approximate surface area is 69.2 Å². The van der Waals surface area contributed by atoms with E-state index in [0.717, 1.165) is 12.1 Å². The molecule has 3 heteroatoms. The van der Waals surface area contributed by atoms with Crippen LogP contribution in [0, 0.1) is 23.0 Å². The molecule has 0 amide bonds. The minimum atomic E-state index is -0.744. The maximum atomic E-state index is 12.9. The van der Waals surface area contributed by atoms with Gasteiger partial charge in [-0.1, -0.05) is 6.07 Å². The Hall–Kier alpha value is -1.43. The highest BCUT2D eigenvalue weighted by Gasteiger charge is 2.14. The molecule has 62 valence electrons. The molecule has 1 rings (SSSR count). The number of halogens is 2.